The van der Waals surface area contributed by atoms with E-state index in [1.54, 1.807) is 30.3 Å². The first-order valence-electron chi connectivity index (χ1n) is 9.78. The fourth-order valence-electron chi connectivity index (χ4n) is 3.01. The smallest absolute Gasteiger partial charge is 0.267 e. The molecule has 0 aliphatic carbocycles. The summed E-state index contributed by atoms with van der Waals surface area (Å²) in [4.78, 5) is 32.6. The molecule has 0 fully saturated rings. The lowest BCUT2D eigenvalue weighted by Gasteiger charge is -2.11. The summed E-state index contributed by atoms with van der Waals surface area (Å²) in [5.74, 6) is -3.41. The number of rotatable bonds is 6. The van der Waals surface area contributed by atoms with Gasteiger partial charge in [-0.25, -0.2) is 9.37 Å². The summed E-state index contributed by atoms with van der Waals surface area (Å²) in [6.07, 6.45) is 2.49. The molecule has 0 aliphatic heterocycles. The van der Waals surface area contributed by atoms with Crippen molar-refractivity contribution in [3.63, 3.8) is 0 Å². The van der Waals surface area contributed by atoms with Gasteiger partial charge in [0.05, 0.1) is 7.11 Å². The molecule has 11 heteroatoms. The van der Waals surface area contributed by atoms with Gasteiger partial charge in [0.2, 0.25) is 5.82 Å². The van der Waals surface area contributed by atoms with Gasteiger partial charge in [0.15, 0.2) is 17.4 Å². The number of hydrogen-bond acceptors (Lipinski definition) is 7. The number of nitrogens with two attached hydrogens (primary N) is 1. The maximum atomic E-state index is 14.5. The Morgan fingerprint density at radius 3 is 2.56 bits per heavy atom. The average Bonchev–Trinajstić information content (AvgIpc) is 2.84. The van der Waals surface area contributed by atoms with Crippen LogP contribution in [0.15, 0.2) is 71.9 Å². The Labute approximate surface area is 191 Å². The highest BCUT2D eigenvalue weighted by Gasteiger charge is 2.16. The van der Waals surface area contributed by atoms with Crippen LogP contribution in [-0.2, 0) is 0 Å². The van der Waals surface area contributed by atoms with Crippen LogP contribution in [0, 0.1) is 11.6 Å². The average molecular weight is 465 g/mol. The summed E-state index contributed by atoms with van der Waals surface area (Å²) in [6.45, 7) is 0. The number of ether oxygens (including phenoxy) is 2. The lowest BCUT2D eigenvalue weighted by atomic mass is 10.2. The third-order valence-corrected chi connectivity index (χ3v) is 4.72. The van der Waals surface area contributed by atoms with Gasteiger partial charge in [-0.3, -0.25) is 14.2 Å². The van der Waals surface area contributed by atoms with Gasteiger partial charge >= 0.3 is 0 Å². The van der Waals surface area contributed by atoms with Gasteiger partial charge in [-0.15, -0.1) is 0 Å². The largest absolute Gasteiger partial charge is 0.497 e. The molecule has 2 heterocycles. The molecule has 2 aromatic heterocycles. The molecule has 0 saturated heterocycles. The van der Waals surface area contributed by atoms with Crippen LogP contribution in [0.1, 0.15) is 10.4 Å². The number of halogens is 2. The predicted octanol–water partition coefficient (Wildman–Crippen LogP) is 3.54. The molecule has 0 radical (unpaired) electrons. The highest BCUT2D eigenvalue weighted by molar-refractivity contribution is 6.04. The fraction of sp³-hybridized carbons (Fsp3) is 0.0435. The standard InChI is InChI=1S/C23H17F2N5O4/c1-33-15-7-5-14(6-8-15)30-10-2-3-16(23(30)32)21(31)29-13-4-9-18(17(24)11-13)34-22-19(25)20(26)27-12-28-22/h2-12H,1H3,(H,29,31)(H2,26,27,28). The van der Waals surface area contributed by atoms with E-state index in [-0.39, 0.29) is 17.0 Å². The van der Waals surface area contributed by atoms with Crippen LogP contribution in [-0.4, -0.2) is 27.6 Å². The number of amides is 1. The van der Waals surface area contributed by atoms with Crippen LogP contribution in [0.2, 0.25) is 0 Å². The number of methoxy groups -OCH3 is 1. The van der Waals surface area contributed by atoms with Crippen molar-refractivity contribution in [3.05, 3.63) is 94.7 Å². The first-order valence-corrected chi connectivity index (χ1v) is 9.78. The number of pyridine rings is 1. The number of hydrogen-bond donors (Lipinski definition) is 2. The summed E-state index contributed by atoms with van der Waals surface area (Å²) in [7, 11) is 1.53. The minimum atomic E-state index is -1.03. The van der Waals surface area contributed by atoms with Crippen molar-refractivity contribution < 1.29 is 23.0 Å². The van der Waals surface area contributed by atoms with Crippen LogP contribution in [0.3, 0.4) is 0 Å². The van der Waals surface area contributed by atoms with E-state index in [0.29, 0.717) is 11.4 Å². The molecule has 1 amide bonds. The quantitative estimate of drug-likeness (QED) is 0.447. The normalized spacial score (nSPS) is 10.6. The maximum Gasteiger partial charge on any atom is 0.267 e. The Hall–Kier alpha value is -4.80. The summed E-state index contributed by atoms with van der Waals surface area (Å²) < 4.78 is 39.9. The number of carbonyl (C=O) groups excluding carboxylic acids is 1. The van der Waals surface area contributed by atoms with Gasteiger partial charge in [0.25, 0.3) is 17.3 Å². The molecule has 9 nitrogen and oxygen atoms in total. The number of benzene rings is 2. The zero-order valence-electron chi connectivity index (χ0n) is 17.7. The number of nitrogens with one attached hydrogen (secondary N) is 1. The van der Waals surface area contributed by atoms with Gasteiger partial charge in [0.1, 0.15) is 17.6 Å². The van der Waals surface area contributed by atoms with Crippen molar-refractivity contribution in [1.82, 2.24) is 14.5 Å². The number of aromatic nitrogens is 3. The van der Waals surface area contributed by atoms with Crippen molar-refractivity contribution in [1.29, 1.82) is 0 Å². The van der Waals surface area contributed by atoms with Crippen molar-refractivity contribution in [2.24, 2.45) is 0 Å². The number of anilines is 2. The van der Waals surface area contributed by atoms with Crippen molar-refractivity contribution in [3.8, 4) is 23.1 Å². The predicted molar refractivity (Wildman–Crippen MR) is 119 cm³/mol. The summed E-state index contributed by atoms with van der Waals surface area (Å²) in [5, 5.41) is 2.46. The summed E-state index contributed by atoms with van der Waals surface area (Å²) in [6, 6.07) is 13.1. The third-order valence-electron chi connectivity index (χ3n) is 4.72. The van der Waals surface area contributed by atoms with Crippen LogP contribution in [0.25, 0.3) is 5.69 Å². The molecular formula is C23H17F2N5O4. The van der Waals surface area contributed by atoms with E-state index < -0.39 is 34.8 Å². The third kappa shape index (κ3) is 4.53. The Morgan fingerprint density at radius 1 is 1.09 bits per heavy atom. The molecule has 0 atom stereocenters. The first kappa shape index (κ1) is 22.4. The van der Waals surface area contributed by atoms with E-state index in [9.17, 15) is 18.4 Å². The van der Waals surface area contributed by atoms with Crippen LogP contribution in [0.5, 0.6) is 17.4 Å². The van der Waals surface area contributed by atoms with Crippen LogP contribution < -0.4 is 26.1 Å². The molecule has 4 rings (SSSR count). The molecule has 3 N–H and O–H groups in total. The zero-order chi connectivity index (χ0) is 24.2. The Bertz CT molecular complexity index is 1420. The Morgan fingerprint density at radius 2 is 1.85 bits per heavy atom. The van der Waals surface area contributed by atoms with E-state index in [1.807, 2.05) is 0 Å². The van der Waals surface area contributed by atoms with E-state index in [0.717, 1.165) is 12.4 Å². The molecule has 0 aliphatic rings. The molecular weight excluding hydrogens is 448 g/mol. The van der Waals surface area contributed by atoms with Crippen molar-refractivity contribution >= 4 is 17.4 Å². The molecule has 172 valence electrons. The minimum absolute atomic E-state index is 0.0526. The van der Waals surface area contributed by atoms with Gasteiger partial charge < -0.3 is 20.5 Å². The fourth-order valence-corrected chi connectivity index (χ4v) is 3.01. The van der Waals surface area contributed by atoms with E-state index in [4.69, 9.17) is 15.2 Å². The molecule has 4 aromatic rings. The number of nitrogen functional groups attached to an aromatic ring is 1. The van der Waals surface area contributed by atoms with E-state index in [1.165, 1.54) is 36.1 Å². The molecule has 0 bridgehead atoms. The highest BCUT2D eigenvalue weighted by atomic mass is 19.1. The van der Waals surface area contributed by atoms with Crippen molar-refractivity contribution in [2.45, 2.75) is 0 Å². The Kier molecular flexibility index (Phi) is 6.17. The second-order valence-electron chi connectivity index (χ2n) is 6.87. The van der Waals surface area contributed by atoms with Gasteiger partial charge in [0, 0.05) is 23.6 Å². The molecule has 0 spiro atoms. The number of carbonyl (C=O) groups is 1. The maximum absolute atomic E-state index is 14.5. The Balaban J connectivity index is 1.54. The second kappa shape index (κ2) is 9.36. The number of nitrogens with zero attached hydrogens (tertiary/aromatic N) is 3. The second-order valence-corrected chi connectivity index (χ2v) is 6.87. The molecule has 2 aromatic carbocycles. The van der Waals surface area contributed by atoms with Gasteiger partial charge in [-0.2, -0.15) is 9.37 Å². The van der Waals surface area contributed by atoms with Crippen LogP contribution in [0.4, 0.5) is 20.3 Å². The summed E-state index contributed by atoms with van der Waals surface area (Å²) in [5.41, 5.74) is 5.20. The molecule has 0 unspecified atom stereocenters. The lowest BCUT2D eigenvalue weighted by molar-refractivity contribution is 0.102. The van der Waals surface area contributed by atoms with Crippen LogP contribution >= 0.6 is 0 Å². The lowest BCUT2D eigenvalue weighted by Crippen LogP contribution is -2.27. The van der Waals surface area contributed by atoms with Crippen molar-refractivity contribution in [2.75, 3.05) is 18.2 Å². The van der Waals surface area contributed by atoms with Gasteiger partial charge in [-0.1, -0.05) is 0 Å². The topological polar surface area (TPSA) is 121 Å². The molecule has 0 saturated carbocycles. The van der Waals surface area contributed by atoms with E-state index >= 15 is 0 Å². The monoisotopic (exact) mass is 465 g/mol. The SMILES string of the molecule is COc1ccc(-n2cccc(C(=O)Nc3ccc(Oc4ncnc(N)c4F)c(F)c3)c2=O)cc1. The molecule has 34 heavy (non-hydrogen) atoms. The first-order chi connectivity index (χ1) is 16.4. The summed E-state index contributed by atoms with van der Waals surface area (Å²) >= 11 is 0. The highest BCUT2D eigenvalue weighted by Crippen LogP contribution is 2.28. The zero-order valence-corrected chi connectivity index (χ0v) is 17.7. The minimum Gasteiger partial charge on any atom is -0.497 e. The van der Waals surface area contributed by atoms with E-state index in [2.05, 4.69) is 15.3 Å². The van der Waals surface area contributed by atoms with Gasteiger partial charge in [-0.05, 0) is 48.5 Å².